The van der Waals surface area contributed by atoms with Gasteiger partial charge in [-0.1, -0.05) is 189 Å². The Labute approximate surface area is 476 Å². The second kappa shape index (κ2) is 55.3. The fourth-order valence-electron chi connectivity index (χ4n) is 7.44. The van der Waals surface area contributed by atoms with E-state index in [4.69, 9.17) is 32.3 Å². The lowest BCUT2D eigenvalue weighted by molar-refractivity contribution is -0.161. The summed E-state index contributed by atoms with van der Waals surface area (Å²) in [6.07, 6.45) is 55.3. The molecule has 0 aromatic rings. The van der Waals surface area contributed by atoms with Crippen LogP contribution >= 0.6 is 15.6 Å². The zero-order valence-corrected chi connectivity index (χ0v) is 50.6. The first-order valence-corrected chi connectivity index (χ1v) is 32.9. The molecule has 4 N–H and O–H groups in total. The first-order chi connectivity index (χ1) is 38.2. The number of allylic oxidation sites excluding steroid dienone is 14. The molecule has 0 aliphatic rings. The van der Waals surface area contributed by atoms with E-state index in [-0.39, 0.29) is 19.3 Å². The molecule has 0 amide bonds. The number of aliphatic hydroxyl groups excluding tert-OH is 2. The second-order valence-electron chi connectivity index (χ2n) is 19.8. The average Bonchev–Trinajstić information content (AvgIpc) is 3.42. The zero-order chi connectivity index (χ0) is 58.2. The van der Waals surface area contributed by atoms with Gasteiger partial charge in [-0.2, -0.15) is 0 Å². The Morgan fingerprint density at radius 1 is 0.367 bits per heavy atom. The lowest BCUT2D eigenvalue weighted by Crippen LogP contribution is -2.30. The Balaban J connectivity index is 4.57. The van der Waals surface area contributed by atoms with Crippen LogP contribution in [0.15, 0.2) is 85.1 Å². The van der Waals surface area contributed by atoms with E-state index in [9.17, 15) is 43.5 Å². The predicted molar refractivity (Wildman–Crippen MR) is 316 cm³/mol. The highest BCUT2D eigenvalue weighted by Crippen LogP contribution is 2.45. The van der Waals surface area contributed by atoms with Crippen molar-refractivity contribution in [1.29, 1.82) is 0 Å². The monoisotopic (exact) mass is 1160 g/mol. The summed E-state index contributed by atoms with van der Waals surface area (Å²) in [5, 5.41) is 20.4. The zero-order valence-electron chi connectivity index (χ0n) is 48.8. The van der Waals surface area contributed by atoms with Crippen LogP contribution < -0.4 is 0 Å². The third-order valence-corrected chi connectivity index (χ3v) is 14.0. The largest absolute Gasteiger partial charge is 0.472 e. The highest BCUT2D eigenvalue weighted by molar-refractivity contribution is 7.47. The second-order valence-corrected chi connectivity index (χ2v) is 22.7. The number of hydrogen-bond donors (Lipinski definition) is 4. The summed E-state index contributed by atoms with van der Waals surface area (Å²) in [5.41, 5.74) is 0. The van der Waals surface area contributed by atoms with Gasteiger partial charge in [0, 0.05) is 19.3 Å². The minimum atomic E-state index is -4.91. The first-order valence-electron chi connectivity index (χ1n) is 29.9. The van der Waals surface area contributed by atoms with Crippen molar-refractivity contribution in [2.24, 2.45) is 0 Å². The summed E-state index contributed by atoms with van der Waals surface area (Å²) in [5.74, 6) is -1.62. The number of esters is 3. The van der Waals surface area contributed by atoms with Crippen LogP contribution in [0.5, 0.6) is 0 Å². The van der Waals surface area contributed by atoms with E-state index in [0.29, 0.717) is 19.3 Å². The maximum atomic E-state index is 12.8. The topological polar surface area (TPSA) is 231 Å². The molecule has 5 atom stereocenters. The average molecular weight is 1160 g/mol. The molecule has 0 saturated heterocycles. The smallest absolute Gasteiger partial charge is 0.463 e. The van der Waals surface area contributed by atoms with Crippen molar-refractivity contribution in [3.63, 3.8) is 0 Å². The fraction of sp³-hybridized carbons (Fsp3) is 0.721. The van der Waals surface area contributed by atoms with Crippen LogP contribution in [-0.4, -0.2) is 95.9 Å². The van der Waals surface area contributed by atoms with E-state index < -0.39 is 91.5 Å². The van der Waals surface area contributed by atoms with Gasteiger partial charge in [0.1, 0.15) is 25.4 Å². The molecule has 456 valence electrons. The van der Waals surface area contributed by atoms with E-state index in [1.54, 1.807) is 0 Å². The van der Waals surface area contributed by atoms with Crippen LogP contribution in [0, 0.1) is 0 Å². The first kappa shape index (κ1) is 75.7. The summed E-state index contributed by atoms with van der Waals surface area (Å²) in [4.78, 5) is 57.9. The molecule has 0 rings (SSSR count). The lowest BCUT2D eigenvalue weighted by atomic mass is 10.1. The minimum absolute atomic E-state index is 0.0925. The quantitative estimate of drug-likeness (QED) is 0.0146. The van der Waals surface area contributed by atoms with Gasteiger partial charge in [-0.25, -0.2) is 9.13 Å². The molecule has 0 bridgehead atoms. The molecule has 0 heterocycles. The van der Waals surface area contributed by atoms with E-state index in [2.05, 4.69) is 106 Å². The number of carbonyl (C=O) groups is 3. The van der Waals surface area contributed by atoms with Gasteiger partial charge in [-0.05, 0) is 103 Å². The van der Waals surface area contributed by atoms with Crippen LogP contribution in [0.2, 0.25) is 0 Å². The molecule has 16 nitrogen and oxygen atoms in total. The third-order valence-electron chi connectivity index (χ3n) is 12.1. The number of rotatable bonds is 56. The van der Waals surface area contributed by atoms with E-state index in [1.165, 1.54) is 25.7 Å². The van der Waals surface area contributed by atoms with Gasteiger partial charge in [-0.3, -0.25) is 32.5 Å². The van der Waals surface area contributed by atoms with E-state index in [1.807, 2.05) is 0 Å². The van der Waals surface area contributed by atoms with Crippen LogP contribution in [0.3, 0.4) is 0 Å². The van der Waals surface area contributed by atoms with Crippen molar-refractivity contribution in [3.8, 4) is 0 Å². The van der Waals surface area contributed by atoms with Crippen molar-refractivity contribution in [1.82, 2.24) is 0 Å². The van der Waals surface area contributed by atoms with Crippen molar-refractivity contribution in [2.45, 2.75) is 245 Å². The molecule has 0 saturated carbocycles. The highest BCUT2D eigenvalue weighted by atomic mass is 31.2. The van der Waals surface area contributed by atoms with Gasteiger partial charge in [0.15, 0.2) is 6.10 Å². The molecule has 0 aromatic heterocycles. The molecule has 0 aliphatic carbocycles. The summed E-state index contributed by atoms with van der Waals surface area (Å²) < 4.78 is 60.5. The summed E-state index contributed by atoms with van der Waals surface area (Å²) in [6, 6.07) is 0. The van der Waals surface area contributed by atoms with Gasteiger partial charge < -0.3 is 34.2 Å². The minimum Gasteiger partial charge on any atom is -0.463 e. The standard InChI is InChI=1S/C61H106O16P2/c1-4-7-10-13-16-19-22-23-24-25-26-27-28-29-30-31-34-36-38-41-44-47-59(64)71-50-56(62)51-73-78(67,68)74-52-57(63)53-75-79(69,70)76-55-58(77-61(66)49-46-43-40-37-33-21-18-15-12-9-6-3)54-72-60(65)48-45-42-39-35-32-20-17-14-11-8-5-2/h7,10,14-19,23-24,26-27,29-30,56-58,62-63H,4-6,8-9,11-13,20-22,25,28,31-55H2,1-3H3,(H,67,68)(H,69,70)/b10-7-,17-14-,18-15-,19-16-,24-23-,27-26-,30-29-. The fourth-order valence-corrected chi connectivity index (χ4v) is 9.02. The van der Waals surface area contributed by atoms with Crippen molar-refractivity contribution in [2.75, 3.05) is 39.6 Å². The van der Waals surface area contributed by atoms with E-state index >= 15 is 0 Å². The third kappa shape index (κ3) is 56.4. The predicted octanol–water partition coefficient (Wildman–Crippen LogP) is 15.4. The molecule has 0 aliphatic heterocycles. The van der Waals surface area contributed by atoms with Crippen molar-refractivity contribution >= 4 is 33.6 Å². The number of unbranched alkanes of at least 4 members (excludes halogenated alkanes) is 19. The number of phosphoric ester groups is 2. The summed E-state index contributed by atoms with van der Waals surface area (Å²) in [7, 11) is -9.76. The van der Waals surface area contributed by atoms with Gasteiger partial charge in [-0.15, -0.1) is 0 Å². The van der Waals surface area contributed by atoms with Gasteiger partial charge in [0.05, 0.1) is 26.4 Å². The number of aliphatic hydroxyl groups is 2. The van der Waals surface area contributed by atoms with Crippen LogP contribution in [0.1, 0.15) is 226 Å². The van der Waals surface area contributed by atoms with Crippen molar-refractivity contribution in [3.05, 3.63) is 85.1 Å². The maximum Gasteiger partial charge on any atom is 0.472 e. The Kier molecular flexibility index (Phi) is 53.0. The molecular formula is C61H106O16P2. The maximum absolute atomic E-state index is 12.8. The van der Waals surface area contributed by atoms with Gasteiger partial charge >= 0.3 is 33.6 Å². The number of hydrogen-bond acceptors (Lipinski definition) is 14. The number of carbonyl (C=O) groups excluding carboxylic acids is 3. The van der Waals surface area contributed by atoms with Crippen LogP contribution in [0.25, 0.3) is 0 Å². The molecule has 18 heteroatoms. The lowest BCUT2D eigenvalue weighted by Gasteiger charge is -2.21. The Morgan fingerprint density at radius 2 is 0.671 bits per heavy atom. The Hall–Kier alpha value is -3.27. The summed E-state index contributed by atoms with van der Waals surface area (Å²) in [6.45, 7) is 2.39. The molecular weight excluding hydrogens is 1050 g/mol. The molecule has 0 radical (unpaired) electrons. The Morgan fingerprint density at radius 3 is 1.08 bits per heavy atom. The van der Waals surface area contributed by atoms with Crippen LogP contribution in [0.4, 0.5) is 0 Å². The summed E-state index contributed by atoms with van der Waals surface area (Å²) >= 11 is 0. The molecule has 0 fully saturated rings. The molecule has 0 aromatic carbocycles. The molecule has 79 heavy (non-hydrogen) atoms. The SMILES string of the molecule is CC/C=C\C/C=C\C/C=C\C/C=C\C/C=C\CCCCCCCC(=O)OCC(O)COP(=O)(O)OCC(O)COP(=O)(O)OCC(COC(=O)CCCCCCC/C=C\CCCC)OC(=O)CCCCCCC/C=C\CCCC. The molecule has 5 unspecified atom stereocenters. The number of phosphoric acid groups is 2. The van der Waals surface area contributed by atoms with Gasteiger partial charge in [0.25, 0.3) is 0 Å². The molecule has 0 spiro atoms. The Bertz CT molecular complexity index is 1790. The van der Waals surface area contributed by atoms with Crippen molar-refractivity contribution < 1.29 is 75.8 Å². The van der Waals surface area contributed by atoms with E-state index in [0.717, 1.165) is 141 Å². The number of ether oxygens (including phenoxy) is 3. The normalized spacial score (nSPS) is 15.1. The highest BCUT2D eigenvalue weighted by Gasteiger charge is 2.29. The van der Waals surface area contributed by atoms with Crippen LogP contribution in [-0.2, 0) is 55.8 Å². The van der Waals surface area contributed by atoms with Gasteiger partial charge in [0.2, 0.25) is 0 Å².